The molecule has 1 fully saturated rings. The van der Waals surface area contributed by atoms with E-state index in [0.29, 0.717) is 6.10 Å². The number of alkyl halides is 1. The minimum atomic E-state index is 0.0122. The molecule has 1 aromatic rings. The maximum atomic E-state index is 6.38. The Bertz CT molecular complexity index is 334. The van der Waals surface area contributed by atoms with E-state index in [0.717, 1.165) is 37.2 Å². The van der Waals surface area contributed by atoms with E-state index in [1.54, 1.807) is 7.11 Å². The molecular weight excluding hydrogens is 224 g/mol. The molecule has 1 aromatic carbocycles. The van der Waals surface area contributed by atoms with Crippen molar-refractivity contribution < 1.29 is 9.47 Å². The normalized spacial score (nSPS) is 22.0. The van der Waals surface area contributed by atoms with Crippen molar-refractivity contribution in [2.75, 3.05) is 13.7 Å². The summed E-state index contributed by atoms with van der Waals surface area (Å²) in [5, 5.41) is 0.0122. The van der Waals surface area contributed by atoms with Crippen molar-refractivity contribution in [1.29, 1.82) is 0 Å². The fraction of sp³-hybridized carbons (Fsp3) is 0.538. The molecule has 1 aliphatic rings. The number of hydrogen-bond donors (Lipinski definition) is 0. The third-order valence-electron chi connectivity index (χ3n) is 2.95. The van der Waals surface area contributed by atoms with Crippen LogP contribution in [-0.2, 0) is 4.74 Å². The summed E-state index contributed by atoms with van der Waals surface area (Å²) < 4.78 is 10.8. The van der Waals surface area contributed by atoms with E-state index < -0.39 is 0 Å². The summed E-state index contributed by atoms with van der Waals surface area (Å²) in [6.07, 6.45) is 3.50. The van der Waals surface area contributed by atoms with Crippen LogP contribution in [0.1, 0.15) is 30.2 Å². The lowest BCUT2D eigenvalue weighted by Crippen LogP contribution is -2.08. The van der Waals surface area contributed by atoms with E-state index in [-0.39, 0.29) is 5.38 Å². The molecule has 2 atom stereocenters. The first kappa shape index (κ1) is 11.7. The topological polar surface area (TPSA) is 18.5 Å². The molecule has 2 nitrogen and oxygen atoms in total. The van der Waals surface area contributed by atoms with Gasteiger partial charge in [0.1, 0.15) is 5.75 Å². The summed E-state index contributed by atoms with van der Waals surface area (Å²) >= 11 is 6.38. The van der Waals surface area contributed by atoms with Gasteiger partial charge < -0.3 is 9.47 Å². The Morgan fingerprint density at radius 2 is 2.44 bits per heavy atom. The molecule has 0 spiro atoms. The highest BCUT2D eigenvalue weighted by Gasteiger charge is 2.20. The van der Waals surface area contributed by atoms with Crippen molar-refractivity contribution in [3.05, 3.63) is 29.8 Å². The molecule has 1 heterocycles. The Morgan fingerprint density at radius 1 is 1.56 bits per heavy atom. The van der Waals surface area contributed by atoms with Crippen LogP contribution in [0.15, 0.2) is 24.3 Å². The molecule has 0 bridgehead atoms. The van der Waals surface area contributed by atoms with Gasteiger partial charge in [0.2, 0.25) is 0 Å². The van der Waals surface area contributed by atoms with Crippen LogP contribution in [0, 0.1) is 0 Å². The zero-order valence-corrected chi connectivity index (χ0v) is 10.2. The van der Waals surface area contributed by atoms with Gasteiger partial charge in [-0.1, -0.05) is 12.1 Å². The van der Waals surface area contributed by atoms with Gasteiger partial charge in [0.05, 0.1) is 18.6 Å². The molecule has 2 rings (SSSR count). The van der Waals surface area contributed by atoms with E-state index in [2.05, 4.69) is 0 Å². The monoisotopic (exact) mass is 240 g/mol. The molecule has 1 aliphatic heterocycles. The van der Waals surface area contributed by atoms with Crippen LogP contribution < -0.4 is 4.74 Å². The lowest BCUT2D eigenvalue weighted by Gasteiger charge is -2.15. The maximum Gasteiger partial charge on any atom is 0.119 e. The third kappa shape index (κ3) is 2.89. The highest BCUT2D eigenvalue weighted by Crippen LogP contribution is 2.31. The standard InChI is InChI=1S/C13H17ClO2/c1-15-11-5-2-4-10(8-11)13(14)9-12-6-3-7-16-12/h2,4-5,8,12-13H,3,6-7,9H2,1H3. The quantitative estimate of drug-likeness (QED) is 0.750. The van der Waals surface area contributed by atoms with Crippen molar-refractivity contribution in [3.63, 3.8) is 0 Å². The molecule has 0 radical (unpaired) electrons. The van der Waals surface area contributed by atoms with E-state index in [4.69, 9.17) is 21.1 Å². The molecule has 3 heteroatoms. The van der Waals surface area contributed by atoms with Gasteiger partial charge in [-0.05, 0) is 37.0 Å². The Hall–Kier alpha value is -0.730. The van der Waals surface area contributed by atoms with E-state index >= 15 is 0 Å². The molecule has 16 heavy (non-hydrogen) atoms. The molecule has 0 N–H and O–H groups in total. The summed E-state index contributed by atoms with van der Waals surface area (Å²) in [4.78, 5) is 0. The second-order valence-electron chi connectivity index (χ2n) is 4.11. The molecule has 0 aliphatic carbocycles. The van der Waals surface area contributed by atoms with E-state index in [9.17, 15) is 0 Å². The van der Waals surface area contributed by atoms with Crippen LogP contribution in [0.3, 0.4) is 0 Å². The molecule has 0 amide bonds. The second kappa shape index (κ2) is 5.55. The first-order valence-electron chi connectivity index (χ1n) is 5.69. The maximum absolute atomic E-state index is 6.38. The van der Waals surface area contributed by atoms with E-state index in [1.165, 1.54) is 0 Å². The summed E-state index contributed by atoms with van der Waals surface area (Å²) in [6, 6.07) is 7.93. The molecule has 1 saturated heterocycles. The summed E-state index contributed by atoms with van der Waals surface area (Å²) in [5.74, 6) is 0.857. The largest absolute Gasteiger partial charge is 0.497 e. The highest BCUT2D eigenvalue weighted by atomic mass is 35.5. The van der Waals surface area contributed by atoms with Gasteiger partial charge in [-0.2, -0.15) is 0 Å². The van der Waals surface area contributed by atoms with Gasteiger partial charge >= 0.3 is 0 Å². The minimum absolute atomic E-state index is 0.0122. The lowest BCUT2D eigenvalue weighted by atomic mass is 10.0. The zero-order chi connectivity index (χ0) is 11.4. The molecular formula is C13H17ClO2. The van der Waals surface area contributed by atoms with Crippen LogP contribution in [0.4, 0.5) is 0 Å². The minimum Gasteiger partial charge on any atom is -0.497 e. The predicted molar refractivity (Wildman–Crippen MR) is 65.2 cm³/mol. The number of hydrogen-bond acceptors (Lipinski definition) is 2. The molecule has 88 valence electrons. The summed E-state index contributed by atoms with van der Waals surface area (Å²) in [7, 11) is 1.67. The number of rotatable bonds is 4. The van der Waals surface area contributed by atoms with Crippen LogP contribution in [0.5, 0.6) is 5.75 Å². The van der Waals surface area contributed by atoms with Crippen molar-refractivity contribution in [1.82, 2.24) is 0 Å². The fourth-order valence-electron chi connectivity index (χ4n) is 2.03. The average Bonchev–Trinajstić information content (AvgIpc) is 2.82. The zero-order valence-electron chi connectivity index (χ0n) is 9.49. The van der Waals surface area contributed by atoms with Crippen LogP contribution >= 0.6 is 11.6 Å². The highest BCUT2D eigenvalue weighted by molar-refractivity contribution is 6.20. The predicted octanol–water partition coefficient (Wildman–Crippen LogP) is 3.54. The van der Waals surface area contributed by atoms with Gasteiger partial charge in [0.25, 0.3) is 0 Å². The van der Waals surface area contributed by atoms with E-state index in [1.807, 2.05) is 24.3 Å². The molecule has 0 saturated carbocycles. The summed E-state index contributed by atoms with van der Waals surface area (Å²) in [6.45, 7) is 0.881. The first-order chi connectivity index (χ1) is 7.79. The Morgan fingerprint density at radius 3 is 3.12 bits per heavy atom. The third-order valence-corrected chi connectivity index (χ3v) is 3.38. The van der Waals surface area contributed by atoms with Gasteiger partial charge in [-0.25, -0.2) is 0 Å². The number of methoxy groups -OCH3 is 1. The average molecular weight is 241 g/mol. The number of ether oxygens (including phenoxy) is 2. The SMILES string of the molecule is COc1cccc(C(Cl)CC2CCCO2)c1. The van der Waals surface area contributed by atoms with Gasteiger partial charge in [-0.3, -0.25) is 0 Å². The van der Waals surface area contributed by atoms with Crippen molar-refractivity contribution in [2.45, 2.75) is 30.7 Å². The number of benzene rings is 1. The van der Waals surface area contributed by atoms with Crippen LogP contribution in [0.25, 0.3) is 0 Å². The van der Waals surface area contributed by atoms with Crippen molar-refractivity contribution >= 4 is 11.6 Å². The van der Waals surface area contributed by atoms with Gasteiger partial charge in [-0.15, -0.1) is 11.6 Å². The van der Waals surface area contributed by atoms with Crippen LogP contribution in [0.2, 0.25) is 0 Å². The van der Waals surface area contributed by atoms with Gasteiger partial charge in [0, 0.05) is 6.61 Å². The second-order valence-corrected chi connectivity index (χ2v) is 4.64. The smallest absolute Gasteiger partial charge is 0.119 e. The van der Waals surface area contributed by atoms with Crippen molar-refractivity contribution in [2.24, 2.45) is 0 Å². The molecule has 2 unspecified atom stereocenters. The van der Waals surface area contributed by atoms with Crippen LogP contribution in [-0.4, -0.2) is 19.8 Å². The first-order valence-corrected chi connectivity index (χ1v) is 6.13. The Balaban J connectivity index is 1.98. The molecule has 0 aromatic heterocycles. The van der Waals surface area contributed by atoms with Crippen molar-refractivity contribution in [3.8, 4) is 5.75 Å². The lowest BCUT2D eigenvalue weighted by molar-refractivity contribution is 0.103. The Labute approximate surface area is 102 Å². The summed E-state index contributed by atoms with van der Waals surface area (Å²) in [5.41, 5.74) is 1.11. The number of halogens is 1. The fourth-order valence-corrected chi connectivity index (χ4v) is 2.37. The van der Waals surface area contributed by atoms with Gasteiger partial charge in [0.15, 0.2) is 0 Å². The Kier molecular flexibility index (Phi) is 4.08.